The summed E-state index contributed by atoms with van der Waals surface area (Å²) in [7, 11) is 1.54. The van der Waals surface area contributed by atoms with Crippen molar-refractivity contribution in [3.8, 4) is 0 Å². The third-order valence-corrected chi connectivity index (χ3v) is 2.26. The van der Waals surface area contributed by atoms with E-state index in [4.69, 9.17) is 4.74 Å². The van der Waals surface area contributed by atoms with E-state index in [1.54, 1.807) is 7.11 Å². The summed E-state index contributed by atoms with van der Waals surface area (Å²) in [4.78, 5) is 11.4. The van der Waals surface area contributed by atoms with Crippen LogP contribution in [0.2, 0.25) is 0 Å². The summed E-state index contributed by atoms with van der Waals surface area (Å²) in [6, 6.07) is 3.92. The molecule has 0 aliphatic rings. The zero-order chi connectivity index (χ0) is 14.3. The van der Waals surface area contributed by atoms with Crippen LogP contribution in [0.4, 0.5) is 23.7 Å². The molecule has 0 atom stereocenters. The summed E-state index contributed by atoms with van der Waals surface area (Å²) >= 11 is 0. The summed E-state index contributed by atoms with van der Waals surface area (Å²) in [5, 5.41) is 4.85. The molecule has 0 aliphatic carbocycles. The topological polar surface area (TPSA) is 50.4 Å². The van der Waals surface area contributed by atoms with Gasteiger partial charge in [-0.1, -0.05) is 6.07 Å². The van der Waals surface area contributed by atoms with Crippen molar-refractivity contribution in [1.82, 2.24) is 5.32 Å². The molecular formula is C12H15F3N2O2. The van der Waals surface area contributed by atoms with Crippen LogP contribution in [0.3, 0.4) is 0 Å². The van der Waals surface area contributed by atoms with Crippen LogP contribution < -0.4 is 10.6 Å². The van der Waals surface area contributed by atoms with E-state index in [1.807, 2.05) is 0 Å². The number of urea groups is 1. The van der Waals surface area contributed by atoms with Crippen LogP contribution in [-0.2, 0) is 10.9 Å². The van der Waals surface area contributed by atoms with Crippen LogP contribution in [0.15, 0.2) is 24.3 Å². The van der Waals surface area contributed by atoms with Gasteiger partial charge in [0.05, 0.1) is 5.56 Å². The lowest BCUT2D eigenvalue weighted by molar-refractivity contribution is -0.137. The average Bonchev–Trinajstić information content (AvgIpc) is 2.34. The zero-order valence-corrected chi connectivity index (χ0v) is 10.4. The number of benzene rings is 1. The van der Waals surface area contributed by atoms with E-state index in [-0.39, 0.29) is 5.69 Å². The minimum Gasteiger partial charge on any atom is -0.385 e. The van der Waals surface area contributed by atoms with E-state index >= 15 is 0 Å². The number of anilines is 1. The van der Waals surface area contributed by atoms with Crippen molar-refractivity contribution in [3.63, 3.8) is 0 Å². The Morgan fingerprint density at radius 2 is 2.11 bits per heavy atom. The number of hydrogen-bond acceptors (Lipinski definition) is 2. The number of rotatable bonds is 5. The number of carbonyl (C=O) groups is 1. The first kappa shape index (κ1) is 15.3. The van der Waals surface area contributed by atoms with E-state index in [2.05, 4.69) is 10.6 Å². The summed E-state index contributed by atoms with van der Waals surface area (Å²) in [5.74, 6) is 0. The predicted octanol–water partition coefficient (Wildman–Crippen LogP) is 2.86. The molecule has 0 aliphatic heterocycles. The van der Waals surface area contributed by atoms with Gasteiger partial charge in [-0.2, -0.15) is 13.2 Å². The maximum Gasteiger partial charge on any atom is 0.416 e. The van der Waals surface area contributed by atoms with E-state index in [0.717, 1.165) is 12.1 Å². The molecule has 1 rings (SSSR count). The molecule has 0 fully saturated rings. The first-order chi connectivity index (χ1) is 8.93. The van der Waals surface area contributed by atoms with Crippen LogP contribution in [0.5, 0.6) is 0 Å². The second-order valence-corrected chi connectivity index (χ2v) is 3.81. The largest absolute Gasteiger partial charge is 0.416 e. The quantitative estimate of drug-likeness (QED) is 0.812. The highest BCUT2D eigenvalue weighted by Gasteiger charge is 2.30. The zero-order valence-electron chi connectivity index (χ0n) is 10.4. The van der Waals surface area contributed by atoms with E-state index in [9.17, 15) is 18.0 Å². The fraction of sp³-hybridized carbons (Fsp3) is 0.417. The minimum absolute atomic E-state index is 0.0964. The Labute approximate surface area is 108 Å². The van der Waals surface area contributed by atoms with Crippen LogP contribution in [0, 0.1) is 0 Å². The molecule has 0 bridgehead atoms. The molecule has 7 heteroatoms. The van der Waals surface area contributed by atoms with Crippen LogP contribution in [-0.4, -0.2) is 26.3 Å². The molecule has 0 heterocycles. The van der Waals surface area contributed by atoms with E-state index in [0.29, 0.717) is 19.6 Å². The number of alkyl halides is 3. The molecule has 0 spiro atoms. The normalized spacial score (nSPS) is 11.2. The smallest absolute Gasteiger partial charge is 0.385 e. The maximum absolute atomic E-state index is 12.5. The lowest BCUT2D eigenvalue weighted by Crippen LogP contribution is -2.30. The number of amides is 2. The van der Waals surface area contributed by atoms with Gasteiger partial charge in [0.2, 0.25) is 0 Å². The average molecular weight is 276 g/mol. The van der Waals surface area contributed by atoms with Crippen molar-refractivity contribution in [2.24, 2.45) is 0 Å². The third-order valence-electron chi connectivity index (χ3n) is 2.26. The fourth-order valence-corrected chi connectivity index (χ4v) is 1.37. The van der Waals surface area contributed by atoms with Crippen LogP contribution in [0.1, 0.15) is 12.0 Å². The Bertz CT molecular complexity index is 422. The molecular weight excluding hydrogens is 261 g/mol. The van der Waals surface area contributed by atoms with Gasteiger partial charge in [-0.25, -0.2) is 4.79 Å². The maximum atomic E-state index is 12.5. The Kier molecular flexibility index (Phi) is 5.62. The Hall–Kier alpha value is -1.76. The van der Waals surface area contributed by atoms with Crippen molar-refractivity contribution < 1.29 is 22.7 Å². The van der Waals surface area contributed by atoms with Crippen LogP contribution in [0.25, 0.3) is 0 Å². The van der Waals surface area contributed by atoms with Crippen molar-refractivity contribution in [3.05, 3.63) is 29.8 Å². The minimum atomic E-state index is -4.42. The highest BCUT2D eigenvalue weighted by atomic mass is 19.4. The first-order valence-corrected chi connectivity index (χ1v) is 5.64. The molecule has 1 aromatic rings. The summed E-state index contributed by atoms with van der Waals surface area (Å²) in [6.07, 6.45) is -3.79. The third kappa shape index (κ3) is 5.60. The van der Waals surface area contributed by atoms with Gasteiger partial charge >= 0.3 is 12.2 Å². The lowest BCUT2D eigenvalue weighted by Gasteiger charge is -2.10. The Morgan fingerprint density at radius 1 is 1.37 bits per heavy atom. The highest BCUT2D eigenvalue weighted by Crippen LogP contribution is 2.30. The molecule has 106 valence electrons. The van der Waals surface area contributed by atoms with Gasteiger partial charge in [0.15, 0.2) is 0 Å². The van der Waals surface area contributed by atoms with E-state index in [1.165, 1.54) is 12.1 Å². The predicted molar refractivity (Wildman–Crippen MR) is 65.0 cm³/mol. The SMILES string of the molecule is COCCCNC(=O)Nc1cccc(C(F)(F)F)c1. The Morgan fingerprint density at radius 3 is 2.74 bits per heavy atom. The molecule has 0 radical (unpaired) electrons. The number of methoxy groups -OCH3 is 1. The summed E-state index contributed by atoms with van der Waals surface area (Å²) in [6.45, 7) is 0.891. The summed E-state index contributed by atoms with van der Waals surface area (Å²) < 4.78 is 42.1. The van der Waals surface area contributed by atoms with Gasteiger partial charge in [0.1, 0.15) is 0 Å². The molecule has 0 saturated heterocycles. The Balaban J connectivity index is 2.50. The molecule has 1 aromatic carbocycles. The number of nitrogens with one attached hydrogen (secondary N) is 2. The van der Waals surface area contributed by atoms with Gasteiger partial charge in [0, 0.05) is 25.9 Å². The molecule has 0 unspecified atom stereocenters. The number of hydrogen-bond donors (Lipinski definition) is 2. The molecule has 2 amide bonds. The fourth-order valence-electron chi connectivity index (χ4n) is 1.37. The highest BCUT2D eigenvalue weighted by molar-refractivity contribution is 5.89. The molecule has 2 N–H and O–H groups in total. The molecule has 19 heavy (non-hydrogen) atoms. The molecule has 4 nitrogen and oxygen atoms in total. The summed E-state index contributed by atoms with van der Waals surface area (Å²) in [5.41, 5.74) is -0.705. The van der Waals surface area contributed by atoms with Gasteiger partial charge < -0.3 is 15.4 Å². The van der Waals surface area contributed by atoms with Crippen molar-refractivity contribution in [1.29, 1.82) is 0 Å². The number of halogens is 3. The molecule has 0 aromatic heterocycles. The first-order valence-electron chi connectivity index (χ1n) is 5.64. The van der Waals surface area contributed by atoms with E-state index < -0.39 is 17.8 Å². The lowest BCUT2D eigenvalue weighted by atomic mass is 10.2. The molecule has 0 saturated carbocycles. The van der Waals surface area contributed by atoms with Crippen molar-refractivity contribution in [2.45, 2.75) is 12.6 Å². The van der Waals surface area contributed by atoms with Gasteiger partial charge in [0.25, 0.3) is 0 Å². The second-order valence-electron chi connectivity index (χ2n) is 3.81. The van der Waals surface area contributed by atoms with Crippen molar-refractivity contribution in [2.75, 3.05) is 25.6 Å². The number of ether oxygens (including phenoxy) is 1. The second kappa shape index (κ2) is 6.98. The van der Waals surface area contributed by atoms with Crippen molar-refractivity contribution >= 4 is 11.7 Å². The van der Waals surface area contributed by atoms with Gasteiger partial charge in [-0.3, -0.25) is 0 Å². The van der Waals surface area contributed by atoms with Gasteiger partial charge in [-0.05, 0) is 24.6 Å². The van der Waals surface area contributed by atoms with Gasteiger partial charge in [-0.15, -0.1) is 0 Å². The number of carbonyl (C=O) groups excluding carboxylic acids is 1. The monoisotopic (exact) mass is 276 g/mol. The van der Waals surface area contributed by atoms with Crippen LogP contribution >= 0.6 is 0 Å². The standard InChI is InChI=1S/C12H15F3N2O2/c1-19-7-3-6-16-11(18)17-10-5-2-4-9(8-10)12(13,14)15/h2,4-5,8H,3,6-7H2,1H3,(H2,16,17,18).